The van der Waals surface area contributed by atoms with Crippen molar-refractivity contribution in [2.75, 3.05) is 0 Å². The van der Waals surface area contributed by atoms with Crippen LogP contribution in [0.5, 0.6) is 0 Å². The average Bonchev–Trinajstić information content (AvgIpc) is 2.14. The van der Waals surface area contributed by atoms with Gasteiger partial charge < -0.3 is 5.11 Å². The minimum Gasteiger partial charge on any atom is -0.388 e. The molecule has 0 saturated carbocycles. The van der Waals surface area contributed by atoms with Crippen molar-refractivity contribution < 1.29 is 5.11 Å². The van der Waals surface area contributed by atoms with Gasteiger partial charge in [0.05, 0.1) is 6.10 Å². The Balaban J connectivity index is 2.48. The molecule has 2 nitrogen and oxygen atoms in total. The molecule has 0 bridgehead atoms. The average molecular weight is 193 g/mol. The van der Waals surface area contributed by atoms with Crippen LogP contribution in [0.4, 0.5) is 0 Å². The first-order chi connectivity index (χ1) is 6.49. The molecule has 1 heterocycles. The van der Waals surface area contributed by atoms with Crippen LogP contribution in [0.1, 0.15) is 45.3 Å². The molecule has 0 radical (unpaired) electrons. The van der Waals surface area contributed by atoms with Crippen LogP contribution in [0, 0.1) is 5.41 Å². The van der Waals surface area contributed by atoms with Crippen LogP contribution in [0.3, 0.4) is 0 Å². The topological polar surface area (TPSA) is 33.1 Å². The lowest BCUT2D eigenvalue weighted by Gasteiger charge is -2.20. The van der Waals surface area contributed by atoms with E-state index >= 15 is 0 Å². The Morgan fingerprint density at radius 1 is 1.43 bits per heavy atom. The number of aliphatic hydroxyl groups excluding tert-OH is 1. The number of hydrogen-bond donors (Lipinski definition) is 1. The Kier molecular flexibility index (Phi) is 3.64. The number of pyridine rings is 1. The summed E-state index contributed by atoms with van der Waals surface area (Å²) in [5, 5.41) is 9.84. The molecular formula is C12H19NO. The van der Waals surface area contributed by atoms with Gasteiger partial charge in [0.25, 0.3) is 0 Å². The molecule has 1 N–H and O–H groups in total. The lowest BCUT2D eigenvalue weighted by atomic mass is 9.88. The lowest BCUT2D eigenvalue weighted by Crippen LogP contribution is -2.08. The molecule has 1 unspecified atom stereocenters. The van der Waals surface area contributed by atoms with Crippen LogP contribution in [0.25, 0.3) is 0 Å². The molecule has 2 heteroatoms. The third-order valence-corrected chi connectivity index (χ3v) is 2.24. The van der Waals surface area contributed by atoms with Crippen LogP contribution in [0.15, 0.2) is 24.5 Å². The Labute approximate surface area is 86.0 Å². The highest BCUT2D eigenvalue weighted by Gasteiger charge is 2.14. The summed E-state index contributed by atoms with van der Waals surface area (Å²) < 4.78 is 0. The fourth-order valence-corrected chi connectivity index (χ4v) is 1.31. The molecule has 0 aliphatic rings. The molecule has 0 aliphatic heterocycles. The zero-order chi connectivity index (χ0) is 10.6. The van der Waals surface area contributed by atoms with Gasteiger partial charge in [-0.1, -0.05) is 26.8 Å². The van der Waals surface area contributed by atoms with E-state index in [4.69, 9.17) is 0 Å². The van der Waals surface area contributed by atoms with Crippen LogP contribution in [-0.4, -0.2) is 10.1 Å². The van der Waals surface area contributed by atoms with Gasteiger partial charge in [0.1, 0.15) is 0 Å². The van der Waals surface area contributed by atoms with E-state index in [-0.39, 0.29) is 11.5 Å². The van der Waals surface area contributed by atoms with Crippen molar-refractivity contribution in [1.82, 2.24) is 4.98 Å². The van der Waals surface area contributed by atoms with Crippen molar-refractivity contribution in [3.05, 3.63) is 30.1 Å². The zero-order valence-electron chi connectivity index (χ0n) is 9.20. The van der Waals surface area contributed by atoms with E-state index in [0.29, 0.717) is 0 Å². The lowest BCUT2D eigenvalue weighted by molar-refractivity contribution is 0.147. The van der Waals surface area contributed by atoms with E-state index < -0.39 is 0 Å². The zero-order valence-corrected chi connectivity index (χ0v) is 9.20. The quantitative estimate of drug-likeness (QED) is 0.800. The van der Waals surface area contributed by atoms with Crippen molar-refractivity contribution >= 4 is 0 Å². The van der Waals surface area contributed by atoms with Gasteiger partial charge in [-0.2, -0.15) is 0 Å². The number of aromatic nitrogens is 1. The van der Waals surface area contributed by atoms with Gasteiger partial charge in [0, 0.05) is 12.4 Å². The second-order valence-electron chi connectivity index (χ2n) is 4.90. The molecule has 0 aromatic carbocycles. The molecule has 14 heavy (non-hydrogen) atoms. The first-order valence-electron chi connectivity index (χ1n) is 5.07. The highest BCUT2D eigenvalue weighted by molar-refractivity contribution is 5.11. The summed E-state index contributed by atoms with van der Waals surface area (Å²) in [5.74, 6) is 0. The molecule has 0 fully saturated rings. The van der Waals surface area contributed by atoms with E-state index in [1.807, 2.05) is 12.1 Å². The monoisotopic (exact) mass is 193 g/mol. The van der Waals surface area contributed by atoms with Crippen molar-refractivity contribution in [3.63, 3.8) is 0 Å². The van der Waals surface area contributed by atoms with Crippen molar-refractivity contribution in [1.29, 1.82) is 0 Å². The molecule has 0 amide bonds. The van der Waals surface area contributed by atoms with Gasteiger partial charge in [-0.3, -0.25) is 4.98 Å². The van der Waals surface area contributed by atoms with Crippen LogP contribution in [0.2, 0.25) is 0 Å². The van der Waals surface area contributed by atoms with E-state index in [1.54, 1.807) is 12.4 Å². The molecule has 1 rings (SSSR count). The Morgan fingerprint density at radius 3 is 2.64 bits per heavy atom. The van der Waals surface area contributed by atoms with Crippen molar-refractivity contribution in [2.45, 2.75) is 39.7 Å². The maximum atomic E-state index is 9.84. The van der Waals surface area contributed by atoms with Gasteiger partial charge in [0.15, 0.2) is 0 Å². The van der Waals surface area contributed by atoms with Gasteiger partial charge >= 0.3 is 0 Å². The second kappa shape index (κ2) is 4.56. The van der Waals surface area contributed by atoms with Gasteiger partial charge in [-0.25, -0.2) is 0 Å². The Bertz CT molecular complexity index is 263. The molecule has 0 saturated heterocycles. The highest BCUT2D eigenvalue weighted by Crippen LogP contribution is 2.26. The number of aliphatic hydroxyl groups is 1. The molecule has 1 aromatic heterocycles. The minimum atomic E-state index is -0.372. The predicted molar refractivity (Wildman–Crippen MR) is 57.9 cm³/mol. The minimum absolute atomic E-state index is 0.281. The van der Waals surface area contributed by atoms with E-state index in [2.05, 4.69) is 25.8 Å². The largest absolute Gasteiger partial charge is 0.388 e. The van der Waals surface area contributed by atoms with Gasteiger partial charge in [0.2, 0.25) is 0 Å². The number of hydrogen-bond acceptors (Lipinski definition) is 2. The predicted octanol–water partition coefficient (Wildman–Crippen LogP) is 2.94. The smallest absolute Gasteiger partial charge is 0.0805 e. The summed E-state index contributed by atoms with van der Waals surface area (Å²) >= 11 is 0. The summed E-state index contributed by atoms with van der Waals surface area (Å²) in [6, 6.07) is 3.77. The standard InChI is InChI=1S/C12H19NO/c1-12(2,3)7-6-11(14)10-5-4-8-13-9-10/h4-5,8-9,11,14H,6-7H2,1-3H3. The van der Waals surface area contributed by atoms with E-state index in [9.17, 15) is 5.11 Å². The number of nitrogens with zero attached hydrogens (tertiary/aromatic N) is 1. The molecule has 1 aromatic rings. The SMILES string of the molecule is CC(C)(C)CCC(O)c1cccnc1. The summed E-state index contributed by atoms with van der Waals surface area (Å²) in [6.45, 7) is 6.55. The summed E-state index contributed by atoms with van der Waals surface area (Å²) in [7, 11) is 0. The van der Waals surface area contributed by atoms with Crippen molar-refractivity contribution in [3.8, 4) is 0 Å². The van der Waals surface area contributed by atoms with Crippen molar-refractivity contribution in [2.24, 2.45) is 5.41 Å². The Morgan fingerprint density at radius 2 is 2.14 bits per heavy atom. The van der Waals surface area contributed by atoms with Gasteiger partial charge in [-0.15, -0.1) is 0 Å². The summed E-state index contributed by atoms with van der Waals surface area (Å²) in [4.78, 5) is 3.99. The highest BCUT2D eigenvalue weighted by atomic mass is 16.3. The fraction of sp³-hybridized carbons (Fsp3) is 0.583. The normalized spacial score (nSPS) is 14.0. The van der Waals surface area contributed by atoms with E-state index in [1.165, 1.54) is 0 Å². The van der Waals surface area contributed by atoms with Crippen LogP contribution in [-0.2, 0) is 0 Å². The first kappa shape index (κ1) is 11.2. The molecule has 1 atom stereocenters. The Hall–Kier alpha value is -0.890. The maximum Gasteiger partial charge on any atom is 0.0805 e. The van der Waals surface area contributed by atoms with Gasteiger partial charge in [-0.05, 0) is 29.9 Å². The number of rotatable bonds is 3. The second-order valence-corrected chi connectivity index (χ2v) is 4.90. The maximum absolute atomic E-state index is 9.84. The fourth-order valence-electron chi connectivity index (χ4n) is 1.31. The molecule has 78 valence electrons. The third kappa shape index (κ3) is 3.88. The van der Waals surface area contributed by atoms with Crippen LogP contribution >= 0.6 is 0 Å². The molecular weight excluding hydrogens is 174 g/mol. The molecule has 0 aliphatic carbocycles. The summed E-state index contributed by atoms with van der Waals surface area (Å²) in [5.41, 5.74) is 1.19. The third-order valence-electron chi connectivity index (χ3n) is 2.24. The summed E-state index contributed by atoms with van der Waals surface area (Å²) in [6.07, 6.45) is 4.90. The van der Waals surface area contributed by atoms with Crippen LogP contribution < -0.4 is 0 Å². The van der Waals surface area contributed by atoms with E-state index in [0.717, 1.165) is 18.4 Å². The first-order valence-corrected chi connectivity index (χ1v) is 5.07. The molecule has 0 spiro atoms.